The molecule has 2 aromatic heterocycles. The summed E-state index contributed by atoms with van der Waals surface area (Å²) < 4.78 is 7.22. The van der Waals surface area contributed by atoms with Crippen molar-refractivity contribution in [2.45, 2.75) is 13.5 Å². The third-order valence-corrected chi connectivity index (χ3v) is 3.50. The standard InChI is InChI=1S/C16H18N4O/c1-12-3-5-13(6-4-12)16-14(9-18-19-16)15-10-17-11-20(15)7-8-21-2/h3-6,9-11H,7-8H2,1-2H3,(H,18,19). The number of benzene rings is 1. The van der Waals surface area contributed by atoms with E-state index in [0.29, 0.717) is 6.61 Å². The lowest BCUT2D eigenvalue weighted by atomic mass is 10.0. The number of aryl methyl sites for hydroxylation is 1. The van der Waals surface area contributed by atoms with Crippen molar-refractivity contribution < 1.29 is 4.74 Å². The highest BCUT2D eigenvalue weighted by Gasteiger charge is 2.13. The fraction of sp³-hybridized carbons (Fsp3) is 0.250. The van der Waals surface area contributed by atoms with Crippen molar-refractivity contribution >= 4 is 0 Å². The second-order valence-corrected chi connectivity index (χ2v) is 4.99. The van der Waals surface area contributed by atoms with Gasteiger partial charge in [-0.05, 0) is 6.92 Å². The van der Waals surface area contributed by atoms with Gasteiger partial charge in [-0.3, -0.25) is 5.10 Å². The predicted octanol–water partition coefficient (Wildman–Crippen LogP) is 2.90. The molecule has 0 saturated carbocycles. The highest BCUT2D eigenvalue weighted by molar-refractivity contribution is 5.78. The largest absolute Gasteiger partial charge is 0.383 e. The van der Waals surface area contributed by atoms with Gasteiger partial charge < -0.3 is 9.30 Å². The molecule has 5 nitrogen and oxygen atoms in total. The van der Waals surface area contributed by atoms with Crippen LogP contribution in [0.25, 0.3) is 22.5 Å². The zero-order valence-electron chi connectivity index (χ0n) is 12.2. The molecular weight excluding hydrogens is 264 g/mol. The highest BCUT2D eigenvalue weighted by Crippen LogP contribution is 2.30. The van der Waals surface area contributed by atoms with Gasteiger partial charge >= 0.3 is 0 Å². The molecular formula is C16H18N4O. The van der Waals surface area contributed by atoms with Crippen molar-refractivity contribution in [1.29, 1.82) is 0 Å². The van der Waals surface area contributed by atoms with E-state index in [-0.39, 0.29) is 0 Å². The summed E-state index contributed by atoms with van der Waals surface area (Å²) >= 11 is 0. The average molecular weight is 282 g/mol. The number of rotatable bonds is 5. The van der Waals surface area contributed by atoms with Crippen molar-refractivity contribution in [2.24, 2.45) is 0 Å². The number of aromatic amines is 1. The molecule has 2 heterocycles. The second-order valence-electron chi connectivity index (χ2n) is 4.99. The molecule has 1 aromatic carbocycles. The maximum Gasteiger partial charge on any atom is 0.0951 e. The summed E-state index contributed by atoms with van der Waals surface area (Å²) in [6.45, 7) is 3.50. The van der Waals surface area contributed by atoms with Crippen LogP contribution in [0.2, 0.25) is 0 Å². The van der Waals surface area contributed by atoms with Gasteiger partial charge in [0.1, 0.15) is 0 Å². The second kappa shape index (κ2) is 5.93. The van der Waals surface area contributed by atoms with Gasteiger partial charge in [0.2, 0.25) is 0 Å². The first-order chi connectivity index (χ1) is 10.3. The van der Waals surface area contributed by atoms with E-state index in [0.717, 1.165) is 29.1 Å². The van der Waals surface area contributed by atoms with Crippen molar-refractivity contribution in [1.82, 2.24) is 19.7 Å². The molecule has 0 aliphatic rings. The van der Waals surface area contributed by atoms with Crippen LogP contribution in [0, 0.1) is 6.92 Å². The first-order valence-electron chi connectivity index (χ1n) is 6.89. The van der Waals surface area contributed by atoms with E-state index in [4.69, 9.17) is 4.74 Å². The number of hydrogen-bond donors (Lipinski definition) is 1. The fourth-order valence-corrected chi connectivity index (χ4v) is 2.33. The van der Waals surface area contributed by atoms with Gasteiger partial charge in [-0.1, -0.05) is 29.8 Å². The third-order valence-electron chi connectivity index (χ3n) is 3.50. The number of hydrogen-bond acceptors (Lipinski definition) is 3. The molecule has 5 heteroatoms. The number of methoxy groups -OCH3 is 1. The Morgan fingerprint density at radius 2 is 2.00 bits per heavy atom. The van der Waals surface area contributed by atoms with Crippen LogP contribution in [-0.2, 0) is 11.3 Å². The molecule has 0 radical (unpaired) electrons. The molecule has 21 heavy (non-hydrogen) atoms. The van der Waals surface area contributed by atoms with Crippen LogP contribution in [-0.4, -0.2) is 33.5 Å². The van der Waals surface area contributed by atoms with E-state index >= 15 is 0 Å². The Morgan fingerprint density at radius 3 is 2.76 bits per heavy atom. The number of nitrogens with zero attached hydrogens (tertiary/aromatic N) is 3. The van der Waals surface area contributed by atoms with E-state index in [9.17, 15) is 0 Å². The van der Waals surface area contributed by atoms with E-state index in [1.807, 2.05) is 18.7 Å². The highest BCUT2D eigenvalue weighted by atomic mass is 16.5. The Hall–Kier alpha value is -2.40. The molecule has 0 bridgehead atoms. The van der Waals surface area contributed by atoms with Gasteiger partial charge in [0.15, 0.2) is 0 Å². The number of ether oxygens (including phenoxy) is 1. The summed E-state index contributed by atoms with van der Waals surface area (Å²) in [4.78, 5) is 4.25. The zero-order chi connectivity index (χ0) is 14.7. The molecule has 0 saturated heterocycles. The summed E-state index contributed by atoms with van der Waals surface area (Å²) in [5.74, 6) is 0. The number of aromatic nitrogens is 4. The summed E-state index contributed by atoms with van der Waals surface area (Å²) in [6.07, 6.45) is 5.52. The van der Waals surface area contributed by atoms with Crippen LogP contribution in [0.15, 0.2) is 43.0 Å². The van der Waals surface area contributed by atoms with E-state index in [1.54, 1.807) is 7.11 Å². The minimum Gasteiger partial charge on any atom is -0.383 e. The lowest BCUT2D eigenvalue weighted by molar-refractivity contribution is 0.187. The molecule has 108 valence electrons. The summed E-state index contributed by atoms with van der Waals surface area (Å²) in [7, 11) is 1.70. The first kappa shape index (κ1) is 13.6. The van der Waals surface area contributed by atoms with Crippen LogP contribution in [0.5, 0.6) is 0 Å². The topological polar surface area (TPSA) is 55.7 Å². The van der Waals surface area contributed by atoms with Crippen molar-refractivity contribution in [3.63, 3.8) is 0 Å². The van der Waals surface area contributed by atoms with Crippen LogP contribution < -0.4 is 0 Å². The molecule has 3 rings (SSSR count). The number of H-pyrrole nitrogens is 1. The van der Waals surface area contributed by atoms with Crippen LogP contribution >= 0.6 is 0 Å². The van der Waals surface area contributed by atoms with E-state index in [1.165, 1.54) is 5.56 Å². The van der Waals surface area contributed by atoms with Gasteiger partial charge in [-0.25, -0.2) is 4.98 Å². The molecule has 1 N–H and O–H groups in total. The minimum absolute atomic E-state index is 0.654. The fourth-order valence-electron chi connectivity index (χ4n) is 2.33. The van der Waals surface area contributed by atoms with Crippen molar-refractivity contribution in [3.05, 3.63) is 48.5 Å². The van der Waals surface area contributed by atoms with E-state index in [2.05, 4.69) is 50.9 Å². The molecule has 0 aliphatic heterocycles. The third kappa shape index (κ3) is 2.73. The van der Waals surface area contributed by atoms with Crippen molar-refractivity contribution in [2.75, 3.05) is 13.7 Å². The summed E-state index contributed by atoms with van der Waals surface area (Å²) in [5.41, 5.74) is 5.45. The first-order valence-corrected chi connectivity index (χ1v) is 6.89. The lowest BCUT2D eigenvalue weighted by Gasteiger charge is -2.08. The maximum absolute atomic E-state index is 5.14. The van der Waals surface area contributed by atoms with Crippen LogP contribution in [0.3, 0.4) is 0 Å². The number of nitrogens with one attached hydrogen (secondary N) is 1. The van der Waals surface area contributed by atoms with Crippen LogP contribution in [0.4, 0.5) is 0 Å². The van der Waals surface area contributed by atoms with Crippen molar-refractivity contribution in [3.8, 4) is 22.5 Å². The van der Waals surface area contributed by atoms with E-state index < -0.39 is 0 Å². The quantitative estimate of drug-likeness (QED) is 0.783. The van der Waals surface area contributed by atoms with Gasteiger partial charge in [0.05, 0.1) is 36.7 Å². The molecule has 0 fully saturated rings. The molecule has 0 aliphatic carbocycles. The molecule has 0 unspecified atom stereocenters. The van der Waals surface area contributed by atoms with Gasteiger partial charge in [-0.2, -0.15) is 5.10 Å². The Labute approximate surface area is 123 Å². The molecule has 3 aromatic rings. The Morgan fingerprint density at radius 1 is 1.19 bits per heavy atom. The normalized spacial score (nSPS) is 11.0. The average Bonchev–Trinajstić information content (AvgIpc) is 3.14. The Bertz CT molecular complexity index is 712. The molecule has 0 spiro atoms. The maximum atomic E-state index is 5.14. The molecule has 0 amide bonds. The van der Waals surface area contributed by atoms with Gasteiger partial charge in [-0.15, -0.1) is 0 Å². The lowest BCUT2D eigenvalue weighted by Crippen LogP contribution is -2.04. The summed E-state index contributed by atoms with van der Waals surface area (Å²) in [5, 5.41) is 7.29. The van der Waals surface area contributed by atoms with Crippen LogP contribution in [0.1, 0.15) is 5.56 Å². The number of imidazole rings is 1. The minimum atomic E-state index is 0.654. The van der Waals surface area contributed by atoms with Gasteiger partial charge in [0.25, 0.3) is 0 Å². The Balaban J connectivity index is 1.99. The zero-order valence-corrected chi connectivity index (χ0v) is 12.2. The summed E-state index contributed by atoms with van der Waals surface area (Å²) in [6, 6.07) is 8.40. The smallest absolute Gasteiger partial charge is 0.0951 e. The predicted molar refractivity (Wildman–Crippen MR) is 81.9 cm³/mol. The van der Waals surface area contributed by atoms with Gasteiger partial charge in [0, 0.05) is 24.8 Å². The molecule has 0 atom stereocenters. The monoisotopic (exact) mass is 282 g/mol. The Kier molecular flexibility index (Phi) is 3.83. The SMILES string of the molecule is COCCn1cncc1-c1cn[nH]c1-c1ccc(C)cc1.